The Hall–Kier alpha value is -2.51. The van der Waals surface area contributed by atoms with E-state index in [0.717, 1.165) is 41.9 Å². The summed E-state index contributed by atoms with van der Waals surface area (Å²) in [6.45, 7) is 5.28. The molecular weight excluding hydrogens is 370 g/mol. The topological polar surface area (TPSA) is 72.0 Å². The number of aryl methyl sites for hydroxylation is 1. The van der Waals surface area contributed by atoms with Crippen LogP contribution in [-0.2, 0) is 0 Å². The second-order valence-corrected chi connectivity index (χ2v) is 8.14. The van der Waals surface area contributed by atoms with Gasteiger partial charge in [0.15, 0.2) is 0 Å². The first kappa shape index (κ1) is 18.8. The van der Waals surface area contributed by atoms with Crippen molar-refractivity contribution in [2.24, 2.45) is 0 Å². The number of hydrogen-bond donors (Lipinski definition) is 2. The van der Waals surface area contributed by atoms with E-state index < -0.39 is 0 Å². The van der Waals surface area contributed by atoms with E-state index in [4.69, 9.17) is 4.74 Å². The van der Waals surface area contributed by atoms with Crippen LogP contribution >= 0.6 is 11.3 Å². The molecule has 1 aromatic carbocycles. The summed E-state index contributed by atoms with van der Waals surface area (Å²) in [4.78, 5) is 14.2. The lowest BCUT2D eigenvalue weighted by molar-refractivity contribution is 0.179. The molecule has 2 aromatic heterocycles. The molecule has 0 aliphatic carbocycles. The Labute approximate surface area is 169 Å². The Bertz CT molecular complexity index is 915. The number of hydrogen-bond acceptors (Lipinski definition) is 7. The van der Waals surface area contributed by atoms with Gasteiger partial charge in [0, 0.05) is 30.2 Å². The van der Waals surface area contributed by atoms with E-state index in [2.05, 4.69) is 57.6 Å². The quantitative estimate of drug-likeness (QED) is 0.660. The molecule has 2 unspecified atom stereocenters. The molecule has 3 heterocycles. The van der Waals surface area contributed by atoms with Crippen LogP contribution in [0.4, 0.5) is 11.6 Å². The number of thiazole rings is 1. The second kappa shape index (κ2) is 8.67. The van der Waals surface area contributed by atoms with Crippen LogP contribution in [0.15, 0.2) is 42.2 Å². The largest absolute Gasteiger partial charge is 0.474 e. The highest BCUT2D eigenvalue weighted by molar-refractivity contribution is 7.13. The molecule has 3 aromatic rings. The molecule has 6 nitrogen and oxygen atoms in total. The van der Waals surface area contributed by atoms with Crippen molar-refractivity contribution in [1.82, 2.24) is 20.3 Å². The first-order chi connectivity index (χ1) is 13.7. The normalized spacial score (nSPS) is 19.8. The third kappa shape index (κ3) is 4.85. The minimum absolute atomic E-state index is 0.192. The molecule has 1 saturated heterocycles. The number of nitrogens with zero attached hydrogens (tertiary/aromatic N) is 3. The Balaban J connectivity index is 1.48. The highest BCUT2D eigenvalue weighted by atomic mass is 32.1. The van der Waals surface area contributed by atoms with Gasteiger partial charge in [0.25, 0.3) is 0 Å². The van der Waals surface area contributed by atoms with Gasteiger partial charge in [-0.05, 0) is 62.9 Å². The maximum absolute atomic E-state index is 6.13. The van der Waals surface area contributed by atoms with E-state index in [-0.39, 0.29) is 6.10 Å². The molecule has 0 bridgehead atoms. The van der Waals surface area contributed by atoms with Gasteiger partial charge < -0.3 is 15.4 Å². The lowest BCUT2D eigenvalue weighted by Gasteiger charge is -2.16. The van der Waals surface area contributed by atoms with E-state index in [1.54, 1.807) is 17.5 Å². The number of benzene rings is 1. The zero-order valence-electron chi connectivity index (χ0n) is 16.2. The standard InChI is InChI=1S/C21H25N5OS/c1-14-9-16(19-12-22-13-28-19)11-17(10-14)25-21-24-8-6-20(26-21)27-18-4-3-15(2)23-7-5-18/h6,8-13,15,18,23H,3-5,7H2,1-2H3,(H,24,25,26). The molecule has 28 heavy (non-hydrogen) atoms. The summed E-state index contributed by atoms with van der Waals surface area (Å²) in [6, 6.07) is 8.70. The van der Waals surface area contributed by atoms with E-state index in [9.17, 15) is 0 Å². The molecule has 1 aliphatic rings. The highest BCUT2D eigenvalue weighted by Gasteiger charge is 2.17. The Morgan fingerprint density at radius 2 is 2.14 bits per heavy atom. The molecule has 4 rings (SSSR count). The molecular formula is C21H25N5OS. The summed E-state index contributed by atoms with van der Waals surface area (Å²) in [6.07, 6.45) is 6.96. The number of aromatic nitrogens is 3. The molecule has 0 saturated carbocycles. The van der Waals surface area contributed by atoms with Crippen LogP contribution in [0.25, 0.3) is 10.4 Å². The van der Waals surface area contributed by atoms with Gasteiger partial charge in [0.05, 0.1) is 10.4 Å². The van der Waals surface area contributed by atoms with Gasteiger partial charge in [0.2, 0.25) is 11.8 Å². The fraction of sp³-hybridized carbons (Fsp3) is 0.381. The SMILES string of the molecule is Cc1cc(Nc2nccc(OC3CCNC(C)CC3)n2)cc(-c2cncs2)c1. The zero-order chi connectivity index (χ0) is 19.3. The van der Waals surface area contributed by atoms with Crippen LogP contribution in [0.1, 0.15) is 31.7 Å². The Kier molecular flexibility index (Phi) is 5.83. The van der Waals surface area contributed by atoms with Crippen molar-refractivity contribution >= 4 is 23.0 Å². The summed E-state index contributed by atoms with van der Waals surface area (Å²) in [7, 11) is 0. The first-order valence-corrected chi connectivity index (χ1v) is 10.5. The van der Waals surface area contributed by atoms with Gasteiger partial charge in [-0.3, -0.25) is 4.98 Å². The molecule has 7 heteroatoms. The van der Waals surface area contributed by atoms with Crippen molar-refractivity contribution < 1.29 is 4.74 Å². The van der Waals surface area contributed by atoms with Crippen LogP contribution in [0.2, 0.25) is 0 Å². The van der Waals surface area contributed by atoms with E-state index in [1.807, 2.05) is 17.8 Å². The van der Waals surface area contributed by atoms with Crippen LogP contribution < -0.4 is 15.4 Å². The van der Waals surface area contributed by atoms with Crippen molar-refractivity contribution in [2.45, 2.75) is 45.3 Å². The van der Waals surface area contributed by atoms with E-state index >= 15 is 0 Å². The van der Waals surface area contributed by atoms with Gasteiger partial charge in [-0.1, -0.05) is 6.07 Å². The molecule has 1 aliphatic heterocycles. The van der Waals surface area contributed by atoms with Crippen molar-refractivity contribution in [1.29, 1.82) is 0 Å². The number of anilines is 2. The Morgan fingerprint density at radius 3 is 3.00 bits per heavy atom. The van der Waals surface area contributed by atoms with Gasteiger partial charge in [-0.2, -0.15) is 4.98 Å². The molecule has 0 amide bonds. The number of ether oxygens (including phenoxy) is 1. The van der Waals surface area contributed by atoms with Gasteiger partial charge in [-0.15, -0.1) is 11.3 Å². The third-order valence-electron chi connectivity index (χ3n) is 4.85. The Morgan fingerprint density at radius 1 is 1.21 bits per heavy atom. The van der Waals surface area contributed by atoms with Crippen LogP contribution in [0, 0.1) is 6.92 Å². The van der Waals surface area contributed by atoms with Crippen molar-refractivity contribution in [2.75, 3.05) is 11.9 Å². The fourth-order valence-electron chi connectivity index (χ4n) is 3.41. The minimum atomic E-state index is 0.192. The van der Waals surface area contributed by atoms with Gasteiger partial charge >= 0.3 is 0 Å². The maximum atomic E-state index is 6.13. The van der Waals surface area contributed by atoms with Crippen molar-refractivity contribution in [3.8, 4) is 16.3 Å². The van der Waals surface area contributed by atoms with E-state index in [0.29, 0.717) is 17.9 Å². The monoisotopic (exact) mass is 395 g/mol. The molecule has 0 radical (unpaired) electrons. The van der Waals surface area contributed by atoms with Crippen LogP contribution in [0.5, 0.6) is 5.88 Å². The highest BCUT2D eigenvalue weighted by Crippen LogP contribution is 2.28. The van der Waals surface area contributed by atoms with Crippen molar-refractivity contribution in [3.05, 3.63) is 47.7 Å². The van der Waals surface area contributed by atoms with Gasteiger partial charge in [0.1, 0.15) is 6.10 Å². The zero-order valence-corrected chi connectivity index (χ0v) is 17.0. The average Bonchev–Trinajstić information content (AvgIpc) is 3.13. The number of nitrogens with one attached hydrogen (secondary N) is 2. The summed E-state index contributed by atoms with van der Waals surface area (Å²) in [5.41, 5.74) is 5.10. The summed E-state index contributed by atoms with van der Waals surface area (Å²) >= 11 is 1.63. The van der Waals surface area contributed by atoms with Crippen LogP contribution in [0.3, 0.4) is 0 Å². The molecule has 2 atom stereocenters. The molecule has 0 spiro atoms. The summed E-state index contributed by atoms with van der Waals surface area (Å²) in [5, 5.41) is 6.81. The van der Waals surface area contributed by atoms with Crippen LogP contribution in [-0.4, -0.2) is 33.6 Å². The lowest BCUT2D eigenvalue weighted by atomic mass is 10.1. The fourth-order valence-corrected chi connectivity index (χ4v) is 4.03. The minimum Gasteiger partial charge on any atom is -0.474 e. The average molecular weight is 396 g/mol. The number of rotatable bonds is 5. The van der Waals surface area contributed by atoms with Gasteiger partial charge in [-0.25, -0.2) is 4.98 Å². The smallest absolute Gasteiger partial charge is 0.230 e. The van der Waals surface area contributed by atoms with E-state index in [1.165, 1.54) is 5.56 Å². The maximum Gasteiger partial charge on any atom is 0.230 e. The second-order valence-electron chi connectivity index (χ2n) is 7.26. The third-order valence-corrected chi connectivity index (χ3v) is 5.67. The predicted molar refractivity (Wildman–Crippen MR) is 113 cm³/mol. The predicted octanol–water partition coefficient (Wildman–Crippen LogP) is 4.56. The lowest BCUT2D eigenvalue weighted by Crippen LogP contribution is -2.24. The molecule has 1 fully saturated rings. The summed E-state index contributed by atoms with van der Waals surface area (Å²) < 4.78 is 6.13. The molecule has 146 valence electrons. The van der Waals surface area contributed by atoms with Crippen molar-refractivity contribution in [3.63, 3.8) is 0 Å². The summed E-state index contributed by atoms with van der Waals surface area (Å²) in [5.74, 6) is 1.16. The molecule has 2 N–H and O–H groups in total. The first-order valence-electron chi connectivity index (χ1n) is 9.66.